The highest BCUT2D eigenvalue weighted by Gasteiger charge is 3.05. The second-order valence-electron chi connectivity index (χ2n) is 5.84. The van der Waals surface area contributed by atoms with E-state index >= 15 is 0 Å². The van der Waals surface area contributed by atoms with Gasteiger partial charge >= 0.3 is 17.8 Å². The van der Waals surface area contributed by atoms with Gasteiger partial charge in [0.15, 0.2) is 0 Å². The molecule has 3 aliphatic carbocycles. The van der Waals surface area contributed by atoms with Crippen molar-refractivity contribution in [3.8, 4) is 0 Å². The Kier molecular flexibility index (Phi) is 1.62. The van der Waals surface area contributed by atoms with Gasteiger partial charge in [0, 0.05) is 17.8 Å². The lowest BCUT2D eigenvalue weighted by Gasteiger charge is -2.61. The van der Waals surface area contributed by atoms with Crippen LogP contribution in [0.4, 0.5) is 26.3 Å². The fraction of sp³-hybridized carbons (Fsp3) is 0.909. The van der Waals surface area contributed by atoms with Crippen molar-refractivity contribution in [3.05, 3.63) is 0 Å². The van der Waals surface area contributed by atoms with Gasteiger partial charge < -0.3 is 4.74 Å². The van der Waals surface area contributed by atoms with Crippen LogP contribution < -0.4 is 0 Å². The summed E-state index contributed by atoms with van der Waals surface area (Å²) in [7, 11) is 0. The minimum atomic E-state index is -5.06. The largest absolute Gasteiger partial charge is 0.462 e. The lowest BCUT2D eigenvalue weighted by Crippen LogP contribution is -2.89. The summed E-state index contributed by atoms with van der Waals surface area (Å²) in [5, 5.41) is 0. The average molecular weight is 286 g/mol. The number of hydrogen-bond donors (Lipinski definition) is 0. The standard InChI is InChI=1S/C11H8F6O2/c12-8-4-2-5(7-3(4)1-6(18)19-7)9(8,13)11(16,17)10(8,14)15/h3-5,7H,1-2H2/t3-,4-,5+,7-,8-,9-/m0/s1. The van der Waals surface area contributed by atoms with Gasteiger partial charge in [0.2, 0.25) is 11.3 Å². The van der Waals surface area contributed by atoms with Crippen LogP contribution in [0.2, 0.25) is 0 Å². The molecule has 4 rings (SSSR count). The van der Waals surface area contributed by atoms with Crippen LogP contribution >= 0.6 is 0 Å². The first kappa shape index (κ1) is 11.8. The summed E-state index contributed by atoms with van der Waals surface area (Å²) >= 11 is 0. The van der Waals surface area contributed by atoms with Gasteiger partial charge in [-0.25, -0.2) is 8.78 Å². The molecule has 1 aliphatic heterocycles. The quantitative estimate of drug-likeness (QED) is 0.504. The molecule has 4 fully saturated rings. The average Bonchev–Trinajstić information content (AvgIpc) is 2.88. The Morgan fingerprint density at radius 3 is 2.05 bits per heavy atom. The number of halogens is 6. The number of carbonyl (C=O) groups excluding carboxylic acids is 1. The Balaban J connectivity index is 1.87. The predicted molar refractivity (Wildman–Crippen MR) is 47.2 cm³/mol. The number of alkyl halides is 6. The van der Waals surface area contributed by atoms with Crippen molar-refractivity contribution in [1.82, 2.24) is 0 Å². The van der Waals surface area contributed by atoms with E-state index < -0.39 is 59.4 Å². The topological polar surface area (TPSA) is 26.3 Å². The highest BCUT2D eigenvalue weighted by atomic mass is 19.3. The zero-order valence-corrected chi connectivity index (χ0v) is 9.31. The molecule has 1 saturated heterocycles. The molecular formula is C11H8F6O2. The molecule has 8 heteroatoms. The van der Waals surface area contributed by atoms with E-state index in [0.717, 1.165) is 0 Å². The van der Waals surface area contributed by atoms with Crippen molar-refractivity contribution in [2.24, 2.45) is 17.8 Å². The Hall–Kier alpha value is -0.950. The van der Waals surface area contributed by atoms with Crippen molar-refractivity contribution >= 4 is 5.97 Å². The number of fused-ring (bicyclic) bond motifs is 8. The van der Waals surface area contributed by atoms with Crippen LogP contribution in [0.1, 0.15) is 12.8 Å². The van der Waals surface area contributed by atoms with Gasteiger partial charge in [-0.2, -0.15) is 17.6 Å². The Bertz CT molecular complexity index is 465. The first-order valence-electron chi connectivity index (χ1n) is 5.93. The van der Waals surface area contributed by atoms with Gasteiger partial charge in [-0.15, -0.1) is 0 Å². The summed E-state index contributed by atoms with van der Waals surface area (Å²) < 4.78 is 87.2. The van der Waals surface area contributed by atoms with Crippen LogP contribution in [0, 0.1) is 17.8 Å². The van der Waals surface area contributed by atoms with E-state index in [9.17, 15) is 31.1 Å². The first-order valence-corrected chi connectivity index (χ1v) is 5.93. The van der Waals surface area contributed by atoms with Crippen LogP contribution in [-0.4, -0.2) is 35.3 Å². The molecule has 0 aromatic carbocycles. The summed E-state index contributed by atoms with van der Waals surface area (Å²) in [5.74, 6) is -15.1. The predicted octanol–water partition coefficient (Wildman–Crippen LogP) is 2.27. The molecule has 0 N–H and O–H groups in total. The van der Waals surface area contributed by atoms with E-state index in [0.29, 0.717) is 0 Å². The number of carbonyl (C=O) groups is 1. The molecule has 0 aromatic rings. The summed E-state index contributed by atoms with van der Waals surface area (Å²) in [6.45, 7) is 0. The van der Waals surface area contributed by atoms with Gasteiger partial charge in [0.1, 0.15) is 6.10 Å². The number of rotatable bonds is 0. The van der Waals surface area contributed by atoms with Crippen LogP contribution in [-0.2, 0) is 9.53 Å². The second-order valence-corrected chi connectivity index (χ2v) is 5.84. The maximum absolute atomic E-state index is 14.4. The first-order chi connectivity index (χ1) is 8.60. The van der Waals surface area contributed by atoms with Crippen molar-refractivity contribution < 1.29 is 35.9 Å². The smallest absolute Gasteiger partial charge is 0.350 e. The molecule has 4 aliphatic rings. The summed E-state index contributed by atoms with van der Waals surface area (Å²) in [5.41, 5.74) is -7.82. The van der Waals surface area contributed by atoms with Gasteiger partial charge in [-0.3, -0.25) is 4.79 Å². The third-order valence-corrected chi connectivity index (χ3v) is 5.37. The Morgan fingerprint density at radius 2 is 1.47 bits per heavy atom. The minimum absolute atomic E-state index is 0.310. The van der Waals surface area contributed by atoms with Crippen LogP contribution in [0.15, 0.2) is 0 Å². The molecule has 0 amide bonds. The molecule has 3 saturated carbocycles. The number of esters is 1. The molecule has 2 nitrogen and oxygen atoms in total. The molecular weight excluding hydrogens is 278 g/mol. The molecule has 6 atom stereocenters. The van der Waals surface area contributed by atoms with Gasteiger partial charge in [-0.05, 0) is 6.42 Å². The second kappa shape index (κ2) is 2.61. The molecule has 106 valence electrons. The maximum atomic E-state index is 14.4. The van der Waals surface area contributed by atoms with Crippen molar-refractivity contribution in [1.29, 1.82) is 0 Å². The zero-order chi connectivity index (χ0) is 14.0. The van der Waals surface area contributed by atoms with E-state index in [2.05, 4.69) is 0 Å². The van der Waals surface area contributed by atoms with Crippen molar-refractivity contribution in [2.45, 2.75) is 42.1 Å². The summed E-state index contributed by atoms with van der Waals surface area (Å²) in [4.78, 5) is 11.1. The minimum Gasteiger partial charge on any atom is -0.462 e. The molecule has 0 aromatic heterocycles. The zero-order valence-electron chi connectivity index (χ0n) is 9.31. The third-order valence-electron chi connectivity index (χ3n) is 5.37. The SMILES string of the molecule is O=C1C[C@@H]2[C@H](O1)[C@H]1C[C@@H]2[C@@]2(F)C(F)(F)C(F)(F)[C@]12F. The van der Waals surface area contributed by atoms with Gasteiger partial charge in [-0.1, -0.05) is 0 Å². The normalized spacial score (nSPS) is 59.4. The van der Waals surface area contributed by atoms with Crippen LogP contribution in [0.5, 0.6) is 0 Å². The summed E-state index contributed by atoms with van der Waals surface area (Å²) in [6, 6.07) is 0. The van der Waals surface area contributed by atoms with E-state index in [4.69, 9.17) is 4.74 Å². The maximum Gasteiger partial charge on any atom is 0.350 e. The molecule has 1 heterocycles. The molecule has 2 bridgehead atoms. The Labute approximate surface area is 103 Å². The number of hydrogen-bond acceptors (Lipinski definition) is 2. The monoisotopic (exact) mass is 286 g/mol. The van der Waals surface area contributed by atoms with E-state index in [1.807, 2.05) is 0 Å². The lowest BCUT2D eigenvalue weighted by molar-refractivity contribution is -0.455. The third kappa shape index (κ3) is 0.765. The van der Waals surface area contributed by atoms with Gasteiger partial charge in [0.25, 0.3) is 0 Å². The molecule has 0 spiro atoms. The lowest BCUT2D eigenvalue weighted by atomic mass is 9.52. The van der Waals surface area contributed by atoms with E-state index in [-0.39, 0.29) is 6.42 Å². The fourth-order valence-electron chi connectivity index (χ4n) is 4.63. The number of ether oxygens (including phenoxy) is 1. The molecule has 19 heavy (non-hydrogen) atoms. The molecule has 0 radical (unpaired) electrons. The highest BCUT2D eigenvalue weighted by molar-refractivity contribution is 5.73. The van der Waals surface area contributed by atoms with E-state index in [1.165, 1.54) is 0 Å². The molecule has 0 unspecified atom stereocenters. The summed E-state index contributed by atoms with van der Waals surface area (Å²) in [6.07, 6.45) is -1.94. The van der Waals surface area contributed by atoms with E-state index in [1.54, 1.807) is 0 Å². The Morgan fingerprint density at radius 1 is 0.947 bits per heavy atom. The van der Waals surface area contributed by atoms with Crippen molar-refractivity contribution in [3.63, 3.8) is 0 Å². The fourth-order valence-corrected chi connectivity index (χ4v) is 4.63. The van der Waals surface area contributed by atoms with Crippen molar-refractivity contribution in [2.75, 3.05) is 0 Å². The van der Waals surface area contributed by atoms with Crippen LogP contribution in [0.25, 0.3) is 0 Å². The highest BCUT2D eigenvalue weighted by Crippen LogP contribution is 2.82. The van der Waals surface area contributed by atoms with Crippen LogP contribution in [0.3, 0.4) is 0 Å². The van der Waals surface area contributed by atoms with Gasteiger partial charge in [0.05, 0.1) is 6.42 Å².